The zero-order chi connectivity index (χ0) is 18.7. The Morgan fingerprint density at radius 3 is 2.76 bits per heavy atom. The number of nitro groups is 1. The van der Waals surface area contributed by atoms with E-state index in [-0.39, 0.29) is 42.2 Å². The highest BCUT2D eigenvalue weighted by Crippen LogP contribution is 2.32. The maximum absolute atomic E-state index is 13.5. The number of benzene rings is 1. The number of carbonyl (C=O) groups is 2. The molecule has 1 amide bonds. The molecule has 0 aliphatic carbocycles. The predicted octanol–water partition coefficient (Wildman–Crippen LogP) is 0.716. The minimum absolute atomic E-state index is 0.0188. The van der Waals surface area contributed by atoms with Crippen LogP contribution in [0.15, 0.2) is 23.4 Å². The van der Waals surface area contributed by atoms with E-state index < -0.39 is 28.3 Å². The van der Waals surface area contributed by atoms with E-state index in [4.69, 9.17) is 5.11 Å². The summed E-state index contributed by atoms with van der Waals surface area (Å²) < 4.78 is 18.1. The number of methoxy groups -OCH3 is 1. The Morgan fingerprint density at radius 1 is 1.52 bits per heavy atom. The van der Waals surface area contributed by atoms with Crippen LogP contribution in [0, 0.1) is 22.9 Å². The number of amides is 1. The summed E-state index contributed by atoms with van der Waals surface area (Å²) in [6.07, 6.45) is 0. The van der Waals surface area contributed by atoms with Crippen LogP contribution < -0.4 is 5.32 Å². The Labute approximate surface area is 141 Å². The first-order chi connectivity index (χ1) is 11.8. The number of hydrogen-bond acceptors (Lipinski definition) is 7. The number of rotatable bonds is 6. The van der Waals surface area contributed by atoms with Crippen molar-refractivity contribution in [2.24, 2.45) is 0 Å². The molecule has 2 rings (SSSR count). The van der Waals surface area contributed by atoms with Gasteiger partial charge in [-0.1, -0.05) is 0 Å². The van der Waals surface area contributed by atoms with Crippen LogP contribution in [0.1, 0.15) is 5.56 Å². The lowest BCUT2D eigenvalue weighted by atomic mass is 10.1. The van der Waals surface area contributed by atoms with Crippen molar-refractivity contribution in [3.05, 3.63) is 44.9 Å². The standard InChI is InChI=1S/C15H16FN3O6/c1-8-5-9(16)6-11(19(23)24)12(8)17-13-10(15(22)25-2)7-18(3-4-20)14(13)21/h5-6,17,20H,3-4,7H2,1-2H3. The minimum Gasteiger partial charge on any atom is -0.466 e. The topological polar surface area (TPSA) is 122 Å². The molecule has 25 heavy (non-hydrogen) atoms. The van der Waals surface area contributed by atoms with Crippen molar-refractivity contribution in [3.8, 4) is 0 Å². The van der Waals surface area contributed by atoms with Crippen molar-refractivity contribution in [2.75, 3.05) is 32.1 Å². The first-order valence-electron chi connectivity index (χ1n) is 7.23. The number of nitrogens with one attached hydrogen (secondary N) is 1. The molecule has 0 bridgehead atoms. The summed E-state index contributed by atoms with van der Waals surface area (Å²) in [5.41, 5.74) is -0.696. The lowest BCUT2D eigenvalue weighted by Gasteiger charge is -2.15. The third-order valence-corrected chi connectivity index (χ3v) is 3.68. The van der Waals surface area contributed by atoms with Crippen LogP contribution in [-0.2, 0) is 14.3 Å². The van der Waals surface area contributed by atoms with Gasteiger partial charge < -0.3 is 20.1 Å². The molecule has 1 aromatic rings. The number of nitro benzene ring substituents is 1. The van der Waals surface area contributed by atoms with Crippen LogP contribution in [0.3, 0.4) is 0 Å². The number of aryl methyl sites for hydroxylation is 1. The van der Waals surface area contributed by atoms with E-state index in [1.807, 2.05) is 0 Å². The van der Waals surface area contributed by atoms with Gasteiger partial charge in [0.25, 0.3) is 11.6 Å². The second-order valence-electron chi connectivity index (χ2n) is 5.29. The molecule has 0 unspecified atom stereocenters. The second-order valence-corrected chi connectivity index (χ2v) is 5.29. The quantitative estimate of drug-likeness (QED) is 0.439. The van der Waals surface area contributed by atoms with E-state index in [0.717, 1.165) is 19.2 Å². The number of ether oxygens (including phenoxy) is 1. The molecule has 1 aliphatic rings. The summed E-state index contributed by atoms with van der Waals surface area (Å²) in [5, 5.41) is 22.8. The number of hydrogen-bond donors (Lipinski definition) is 2. The van der Waals surface area contributed by atoms with Crippen LogP contribution >= 0.6 is 0 Å². The fraction of sp³-hybridized carbons (Fsp3) is 0.333. The molecule has 9 nitrogen and oxygen atoms in total. The molecular formula is C15H16FN3O6. The summed E-state index contributed by atoms with van der Waals surface area (Å²) in [6, 6.07) is 1.79. The number of carbonyl (C=O) groups excluding carboxylic acids is 2. The zero-order valence-electron chi connectivity index (χ0n) is 13.5. The second kappa shape index (κ2) is 7.26. The smallest absolute Gasteiger partial charge is 0.337 e. The predicted molar refractivity (Wildman–Crippen MR) is 84.1 cm³/mol. The summed E-state index contributed by atoms with van der Waals surface area (Å²) in [7, 11) is 1.14. The van der Waals surface area contributed by atoms with Gasteiger partial charge in [-0.25, -0.2) is 9.18 Å². The Bertz CT molecular complexity index is 777. The molecule has 0 saturated carbocycles. The van der Waals surface area contributed by atoms with Crippen molar-refractivity contribution in [2.45, 2.75) is 6.92 Å². The van der Waals surface area contributed by atoms with Gasteiger partial charge in [-0.15, -0.1) is 0 Å². The Balaban J connectivity index is 2.51. The third kappa shape index (κ3) is 3.58. The van der Waals surface area contributed by atoms with Crippen molar-refractivity contribution in [1.82, 2.24) is 4.90 Å². The number of halogens is 1. The lowest BCUT2D eigenvalue weighted by molar-refractivity contribution is -0.384. The van der Waals surface area contributed by atoms with E-state index in [2.05, 4.69) is 10.1 Å². The molecule has 2 N–H and O–H groups in total. The molecule has 1 heterocycles. The fourth-order valence-corrected chi connectivity index (χ4v) is 2.51. The number of nitrogens with zero attached hydrogens (tertiary/aromatic N) is 2. The Kier molecular flexibility index (Phi) is 5.32. The number of aliphatic hydroxyl groups is 1. The molecule has 0 radical (unpaired) electrons. The molecule has 0 fully saturated rings. The molecule has 0 saturated heterocycles. The summed E-state index contributed by atoms with van der Waals surface area (Å²) in [4.78, 5) is 35.9. The Morgan fingerprint density at radius 2 is 2.20 bits per heavy atom. The summed E-state index contributed by atoms with van der Waals surface area (Å²) in [5.74, 6) is -2.19. The van der Waals surface area contributed by atoms with E-state index in [1.54, 1.807) is 0 Å². The molecule has 10 heteroatoms. The summed E-state index contributed by atoms with van der Waals surface area (Å²) >= 11 is 0. The average Bonchev–Trinajstić information content (AvgIpc) is 2.85. The van der Waals surface area contributed by atoms with E-state index >= 15 is 0 Å². The normalized spacial score (nSPS) is 14.1. The van der Waals surface area contributed by atoms with Gasteiger partial charge >= 0.3 is 5.97 Å². The minimum atomic E-state index is -0.795. The molecule has 134 valence electrons. The van der Waals surface area contributed by atoms with Crippen LogP contribution in [0.25, 0.3) is 0 Å². The number of β-amino-alcohol motifs (C(OH)–C–C–N with tert-alkyl or cyclic N) is 1. The van der Waals surface area contributed by atoms with Crippen LogP contribution in [0.5, 0.6) is 0 Å². The number of aliphatic hydroxyl groups excluding tert-OH is 1. The maximum Gasteiger partial charge on any atom is 0.337 e. The van der Waals surface area contributed by atoms with Crippen LogP contribution in [0.4, 0.5) is 15.8 Å². The molecule has 0 spiro atoms. The van der Waals surface area contributed by atoms with E-state index in [0.29, 0.717) is 0 Å². The third-order valence-electron chi connectivity index (χ3n) is 3.68. The highest BCUT2D eigenvalue weighted by molar-refractivity contribution is 6.09. The highest BCUT2D eigenvalue weighted by atomic mass is 19.1. The van der Waals surface area contributed by atoms with Gasteiger partial charge in [0.15, 0.2) is 0 Å². The summed E-state index contributed by atoms with van der Waals surface area (Å²) in [6.45, 7) is 0.988. The van der Waals surface area contributed by atoms with Gasteiger partial charge in [0.2, 0.25) is 0 Å². The van der Waals surface area contributed by atoms with Gasteiger partial charge in [0.05, 0.1) is 36.8 Å². The van der Waals surface area contributed by atoms with Crippen molar-refractivity contribution >= 4 is 23.3 Å². The first kappa shape index (κ1) is 18.3. The first-order valence-corrected chi connectivity index (χ1v) is 7.23. The van der Waals surface area contributed by atoms with Crippen molar-refractivity contribution < 1.29 is 28.7 Å². The Hall–Kier alpha value is -3.01. The average molecular weight is 353 g/mol. The van der Waals surface area contributed by atoms with Crippen LogP contribution in [-0.4, -0.2) is 53.6 Å². The van der Waals surface area contributed by atoms with Gasteiger partial charge in [-0.3, -0.25) is 14.9 Å². The molecule has 0 atom stereocenters. The fourth-order valence-electron chi connectivity index (χ4n) is 2.51. The lowest BCUT2D eigenvalue weighted by Crippen LogP contribution is -2.31. The number of esters is 1. The van der Waals surface area contributed by atoms with Gasteiger partial charge in [-0.2, -0.15) is 0 Å². The van der Waals surface area contributed by atoms with Crippen molar-refractivity contribution in [3.63, 3.8) is 0 Å². The zero-order valence-corrected chi connectivity index (χ0v) is 13.5. The van der Waals surface area contributed by atoms with Gasteiger partial charge in [0, 0.05) is 6.54 Å². The molecular weight excluding hydrogens is 337 g/mol. The van der Waals surface area contributed by atoms with E-state index in [9.17, 15) is 24.1 Å². The maximum atomic E-state index is 13.5. The van der Waals surface area contributed by atoms with E-state index in [1.165, 1.54) is 11.8 Å². The van der Waals surface area contributed by atoms with Gasteiger partial charge in [0.1, 0.15) is 17.2 Å². The number of anilines is 1. The SMILES string of the molecule is COC(=O)C1=C(Nc2c(C)cc(F)cc2[N+](=O)[O-])C(=O)N(CCO)C1. The monoisotopic (exact) mass is 353 g/mol. The highest BCUT2D eigenvalue weighted by Gasteiger charge is 2.35. The van der Waals surface area contributed by atoms with Gasteiger partial charge in [-0.05, 0) is 18.6 Å². The largest absolute Gasteiger partial charge is 0.466 e. The molecule has 1 aromatic carbocycles. The van der Waals surface area contributed by atoms with Crippen LogP contribution in [0.2, 0.25) is 0 Å². The van der Waals surface area contributed by atoms with Crippen molar-refractivity contribution in [1.29, 1.82) is 0 Å². The molecule has 1 aliphatic heterocycles. The molecule has 0 aromatic heterocycles.